The Bertz CT molecular complexity index is 263. The Morgan fingerprint density at radius 1 is 1.00 bits per heavy atom. The van der Waals surface area contributed by atoms with E-state index in [0.29, 0.717) is 0 Å². The van der Waals surface area contributed by atoms with Gasteiger partial charge < -0.3 is 0 Å². The van der Waals surface area contributed by atoms with Gasteiger partial charge in [-0.3, -0.25) is 0 Å². The number of fused-ring (bicyclic) bond motifs is 3. The molecule has 4 aliphatic rings. The van der Waals surface area contributed by atoms with Crippen molar-refractivity contribution in [2.45, 2.75) is 32.1 Å². The molecule has 0 heterocycles. The molecule has 3 unspecified atom stereocenters. The minimum atomic E-state index is 1.07. The van der Waals surface area contributed by atoms with Gasteiger partial charge in [0.05, 0.1) is 0 Å². The smallest absolute Gasteiger partial charge is 0.0103 e. The Morgan fingerprint density at radius 2 is 1.83 bits per heavy atom. The van der Waals surface area contributed by atoms with Crippen LogP contribution in [0.4, 0.5) is 0 Å². The molecule has 0 bridgehead atoms. The largest absolute Gasteiger partial charge is 0.0810 e. The Kier molecular flexibility index (Phi) is 0.939. The molecule has 0 nitrogen and oxygen atoms in total. The zero-order chi connectivity index (χ0) is 7.71. The molecule has 0 saturated heterocycles. The Hall–Kier alpha value is -0.260. The third-order valence-corrected chi connectivity index (χ3v) is 5.10. The molecule has 4 aliphatic carbocycles. The van der Waals surface area contributed by atoms with Gasteiger partial charge in [0, 0.05) is 0 Å². The molecular weight excluding hydrogens is 144 g/mol. The van der Waals surface area contributed by atoms with Gasteiger partial charge in [-0.15, -0.1) is 0 Å². The van der Waals surface area contributed by atoms with Gasteiger partial charge in [0.15, 0.2) is 0 Å². The predicted molar refractivity (Wildman–Crippen MR) is 48.6 cm³/mol. The lowest BCUT2D eigenvalue weighted by atomic mass is 9.59. The van der Waals surface area contributed by atoms with Gasteiger partial charge in [0.25, 0.3) is 0 Å². The molecule has 0 aliphatic heterocycles. The normalized spacial score (nSPS) is 59.3. The van der Waals surface area contributed by atoms with Gasteiger partial charge in [0.2, 0.25) is 0 Å². The maximum Gasteiger partial charge on any atom is -0.0103 e. The summed E-state index contributed by atoms with van der Waals surface area (Å²) in [7, 11) is 0. The molecular formula is C12H16. The summed E-state index contributed by atoms with van der Waals surface area (Å²) in [5, 5.41) is 0. The average Bonchev–Trinajstić information content (AvgIpc) is 2.24. The molecule has 5 atom stereocenters. The second kappa shape index (κ2) is 1.81. The molecule has 0 aromatic rings. The summed E-state index contributed by atoms with van der Waals surface area (Å²) in [5.74, 6) is 5.67. The van der Waals surface area contributed by atoms with Crippen LogP contribution in [0.3, 0.4) is 0 Å². The summed E-state index contributed by atoms with van der Waals surface area (Å²) in [6, 6.07) is 0. The zero-order valence-electron chi connectivity index (χ0n) is 7.50. The van der Waals surface area contributed by atoms with E-state index in [0.717, 1.165) is 23.7 Å². The molecule has 0 amide bonds. The third-order valence-electron chi connectivity index (χ3n) is 5.10. The van der Waals surface area contributed by atoms with Crippen molar-refractivity contribution in [2.75, 3.05) is 0 Å². The van der Waals surface area contributed by atoms with Crippen molar-refractivity contribution in [3.8, 4) is 0 Å². The standard InChI is InChI=1S/C12H16/c1-2-4-9-8(3-1)10-5-7-6-11(9)12(7)10/h5,8-12H,1-4,6H2/t8?,9?,10-,11+,12?/m1/s1. The molecule has 0 aromatic carbocycles. The highest BCUT2D eigenvalue weighted by molar-refractivity contribution is 5.37. The topological polar surface area (TPSA) is 0 Å². The van der Waals surface area contributed by atoms with Crippen LogP contribution in [0, 0.1) is 29.6 Å². The summed E-state index contributed by atoms with van der Waals surface area (Å²) in [4.78, 5) is 0. The number of hydrogen-bond acceptors (Lipinski definition) is 0. The SMILES string of the molecule is C1=C2C[C@H]3C4CCCCC4[C@@H]1C23. The minimum absolute atomic E-state index is 1.07. The van der Waals surface area contributed by atoms with E-state index in [1.165, 1.54) is 25.2 Å². The first-order valence-electron chi connectivity index (χ1n) is 5.66. The van der Waals surface area contributed by atoms with Crippen LogP contribution in [0.25, 0.3) is 0 Å². The summed E-state index contributed by atoms with van der Waals surface area (Å²) >= 11 is 0. The van der Waals surface area contributed by atoms with Gasteiger partial charge in [-0.05, 0) is 48.9 Å². The number of rotatable bonds is 0. The molecule has 0 aromatic heterocycles. The van der Waals surface area contributed by atoms with E-state index in [2.05, 4.69) is 6.08 Å². The van der Waals surface area contributed by atoms with Gasteiger partial charge in [0.1, 0.15) is 0 Å². The second-order valence-corrected chi connectivity index (χ2v) is 5.32. The molecule has 3 saturated carbocycles. The minimum Gasteiger partial charge on any atom is -0.0810 e. The fourth-order valence-electron chi connectivity index (χ4n) is 4.60. The van der Waals surface area contributed by atoms with E-state index in [9.17, 15) is 0 Å². The van der Waals surface area contributed by atoms with Crippen molar-refractivity contribution in [3.63, 3.8) is 0 Å². The molecule has 0 spiro atoms. The van der Waals surface area contributed by atoms with Gasteiger partial charge in [-0.25, -0.2) is 0 Å². The van der Waals surface area contributed by atoms with Crippen LogP contribution in [0.2, 0.25) is 0 Å². The van der Waals surface area contributed by atoms with Crippen LogP contribution in [-0.2, 0) is 0 Å². The molecule has 3 fully saturated rings. The first kappa shape index (κ1) is 6.23. The van der Waals surface area contributed by atoms with Crippen LogP contribution < -0.4 is 0 Å². The van der Waals surface area contributed by atoms with Crippen LogP contribution in [-0.4, -0.2) is 0 Å². The summed E-state index contributed by atoms with van der Waals surface area (Å²) in [5.41, 5.74) is 1.85. The molecule has 12 heavy (non-hydrogen) atoms. The zero-order valence-corrected chi connectivity index (χ0v) is 7.50. The first-order chi connectivity index (χ1) is 5.95. The lowest BCUT2D eigenvalue weighted by molar-refractivity contribution is 0.192. The van der Waals surface area contributed by atoms with Crippen molar-refractivity contribution in [1.29, 1.82) is 0 Å². The van der Waals surface area contributed by atoms with Gasteiger partial charge in [-0.2, -0.15) is 0 Å². The second-order valence-electron chi connectivity index (χ2n) is 5.32. The maximum atomic E-state index is 2.62. The molecule has 0 N–H and O–H groups in total. The highest BCUT2D eigenvalue weighted by atomic mass is 14.6. The van der Waals surface area contributed by atoms with Crippen molar-refractivity contribution in [1.82, 2.24) is 0 Å². The summed E-state index contributed by atoms with van der Waals surface area (Å²) < 4.78 is 0. The first-order valence-corrected chi connectivity index (χ1v) is 5.66. The van der Waals surface area contributed by atoms with E-state index in [4.69, 9.17) is 0 Å². The van der Waals surface area contributed by atoms with Crippen molar-refractivity contribution in [2.24, 2.45) is 29.6 Å². The van der Waals surface area contributed by atoms with Crippen molar-refractivity contribution in [3.05, 3.63) is 11.6 Å². The van der Waals surface area contributed by atoms with E-state index in [-0.39, 0.29) is 0 Å². The average molecular weight is 160 g/mol. The Balaban J connectivity index is 1.74. The highest BCUT2D eigenvalue weighted by Gasteiger charge is 2.60. The van der Waals surface area contributed by atoms with Crippen LogP contribution in [0.5, 0.6) is 0 Å². The monoisotopic (exact) mass is 160 g/mol. The Morgan fingerprint density at radius 3 is 2.67 bits per heavy atom. The van der Waals surface area contributed by atoms with E-state index in [1.807, 2.05) is 5.57 Å². The van der Waals surface area contributed by atoms with Crippen molar-refractivity contribution >= 4 is 0 Å². The Labute approximate surface area is 74.0 Å². The van der Waals surface area contributed by atoms with E-state index in [1.54, 1.807) is 12.8 Å². The lowest BCUT2D eigenvalue weighted by Gasteiger charge is -2.46. The fourth-order valence-corrected chi connectivity index (χ4v) is 4.60. The molecule has 64 valence electrons. The highest BCUT2D eigenvalue weighted by Crippen LogP contribution is 2.68. The van der Waals surface area contributed by atoms with Crippen molar-refractivity contribution < 1.29 is 0 Å². The molecule has 0 heteroatoms. The fraction of sp³-hybridized carbons (Fsp3) is 0.833. The van der Waals surface area contributed by atoms with Crippen LogP contribution in [0.15, 0.2) is 11.6 Å². The summed E-state index contributed by atoms with van der Waals surface area (Å²) in [6.45, 7) is 0. The van der Waals surface area contributed by atoms with Crippen LogP contribution in [0.1, 0.15) is 32.1 Å². The van der Waals surface area contributed by atoms with E-state index >= 15 is 0 Å². The molecule has 0 radical (unpaired) electrons. The predicted octanol–water partition coefficient (Wildman–Crippen LogP) is 3.00. The number of hydrogen-bond donors (Lipinski definition) is 0. The van der Waals surface area contributed by atoms with Gasteiger partial charge >= 0.3 is 0 Å². The quantitative estimate of drug-likeness (QED) is 0.478. The lowest BCUT2D eigenvalue weighted by Crippen LogP contribution is -2.36. The van der Waals surface area contributed by atoms with E-state index < -0.39 is 0 Å². The number of allylic oxidation sites excluding steroid dienone is 2. The third kappa shape index (κ3) is 0.496. The maximum absolute atomic E-state index is 2.62. The van der Waals surface area contributed by atoms with Gasteiger partial charge in [-0.1, -0.05) is 24.5 Å². The van der Waals surface area contributed by atoms with Crippen LogP contribution >= 0.6 is 0 Å². The molecule has 4 rings (SSSR count). The summed E-state index contributed by atoms with van der Waals surface area (Å²) in [6.07, 6.45) is 10.3.